The molecule has 4 heteroatoms. The first kappa shape index (κ1) is 17.1. The van der Waals surface area contributed by atoms with Gasteiger partial charge in [0.05, 0.1) is 22.4 Å². The van der Waals surface area contributed by atoms with E-state index in [0.717, 1.165) is 34.5 Å². The Kier molecular flexibility index (Phi) is 4.79. The Hall–Kier alpha value is -2.75. The molecule has 0 radical (unpaired) electrons. The SMILES string of the molecule is CC[C@@H](C)c1ccc(NC(=O)c2ccc3nc(C)c(C)nc3c2)cc1. The minimum Gasteiger partial charge on any atom is -0.322 e. The van der Waals surface area contributed by atoms with E-state index in [2.05, 4.69) is 41.3 Å². The van der Waals surface area contributed by atoms with Crippen LogP contribution < -0.4 is 5.32 Å². The highest BCUT2D eigenvalue weighted by Crippen LogP contribution is 2.21. The summed E-state index contributed by atoms with van der Waals surface area (Å²) in [5.41, 5.74) is 5.99. The van der Waals surface area contributed by atoms with Crippen LogP contribution in [0.15, 0.2) is 42.5 Å². The fourth-order valence-corrected chi connectivity index (χ4v) is 2.71. The lowest BCUT2D eigenvalue weighted by molar-refractivity contribution is 0.102. The van der Waals surface area contributed by atoms with Gasteiger partial charge >= 0.3 is 0 Å². The summed E-state index contributed by atoms with van der Waals surface area (Å²) in [5, 5.41) is 2.95. The average Bonchev–Trinajstić information content (AvgIpc) is 2.62. The van der Waals surface area contributed by atoms with E-state index in [1.165, 1.54) is 5.56 Å². The Bertz CT molecular complexity index is 916. The van der Waals surface area contributed by atoms with E-state index in [-0.39, 0.29) is 5.91 Å². The highest BCUT2D eigenvalue weighted by molar-refractivity contribution is 6.05. The number of anilines is 1. The lowest BCUT2D eigenvalue weighted by Crippen LogP contribution is -2.12. The predicted octanol–water partition coefficient (Wildman–Crippen LogP) is 5.01. The second-order valence-electron chi connectivity index (χ2n) is 6.48. The smallest absolute Gasteiger partial charge is 0.255 e. The summed E-state index contributed by atoms with van der Waals surface area (Å²) in [6.07, 6.45) is 1.10. The topological polar surface area (TPSA) is 54.9 Å². The first-order valence-electron chi connectivity index (χ1n) is 8.64. The minimum absolute atomic E-state index is 0.141. The van der Waals surface area contributed by atoms with Crippen molar-refractivity contribution in [2.75, 3.05) is 5.32 Å². The van der Waals surface area contributed by atoms with E-state index in [4.69, 9.17) is 0 Å². The largest absolute Gasteiger partial charge is 0.322 e. The molecule has 1 aromatic heterocycles. The van der Waals surface area contributed by atoms with Gasteiger partial charge in [-0.25, -0.2) is 9.97 Å². The van der Waals surface area contributed by atoms with Gasteiger partial charge in [-0.15, -0.1) is 0 Å². The van der Waals surface area contributed by atoms with Crippen molar-refractivity contribution in [1.82, 2.24) is 9.97 Å². The lowest BCUT2D eigenvalue weighted by Gasteiger charge is -2.11. The number of nitrogens with zero attached hydrogens (tertiary/aromatic N) is 2. The van der Waals surface area contributed by atoms with Crippen molar-refractivity contribution in [3.8, 4) is 0 Å². The van der Waals surface area contributed by atoms with Crippen LogP contribution in [-0.4, -0.2) is 15.9 Å². The van der Waals surface area contributed by atoms with E-state index in [0.29, 0.717) is 11.5 Å². The summed E-state index contributed by atoms with van der Waals surface area (Å²) in [6, 6.07) is 13.5. The average molecular weight is 333 g/mol. The number of amides is 1. The highest BCUT2D eigenvalue weighted by atomic mass is 16.1. The maximum atomic E-state index is 12.5. The zero-order valence-corrected chi connectivity index (χ0v) is 15.1. The van der Waals surface area contributed by atoms with Crippen molar-refractivity contribution >= 4 is 22.6 Å². The predicted molar refractivity (Wildman–Crippen MR) is 102 cm³/mol. The molecule has 128 valence electrons. The van der Waals surface area contributed by atoms with Crippen LogP contribution in [0.5, 0.6) is 0 Å². The van der Waals surface area contributed by atoms with Crippen molar-refractivity contribution < 1.29 is 4.79 Å². The molecule has 0 aliphatic heterocycles. The summed E-state index contributed by atoms with van der Waals surface area (Å²) in [6.45, 7) is 8.23. The van der Waals surface area contributed by atoms with Crippen molar-refractivity contribution in [3.63, 3.8) is 0 Å². The number of nitrogens with one attached hydrogen (secondary N) is 1. The van der Waals surface area contributed by atoms with Crippen LogP contribution >= 0.6 is 0 Å². The van der Waals surface area contributed by atoms with Gasteiger partial charge in [0.1, 0.15) is 0 Å². The molecule has 0 aliphatic rings. The van der Waals surface area contributed by atoms with Gasteiger partial charge in [0, 0.05) is 11.3 Å². The van der Waals surface area contributed by atoms with Crippen molar-refractivity contribution in [2.24, 2.45) is 0 Å². The number of rotatable bonds is 4. The van der Waals surface area contributed by atoms with E-state index >= 15 is 0 Å². The zero-order valence-electron chi connectivity index (χ0n) is 15.1. The Morgan fingerprint density at radius 3 is 2.28 bits per heavy atom. The first-order chi connectivity index (χ1) is 12.0. The number of aromatic nitrogens is 2. The van der Waals surface area contributed by atoms with Crippen molar-refractivity contribution in [3.05, 3.63) is 65.0 Å². The Morgan fingerprint density at radius 1 is 1.00 bits per heavy atom. The Morgan fingerprint density at radius 2 is 1.64 bits per heavy atom. The normalized spacial score (nSPS) is 12.2. The highest BCUT2D eigenvalue weighted by Gasteiger charge is 2.10. The molecule has 0 fully saturated rings. The number of hydrogen-bond donors (Lipinski definition) is 1. The van der Waals surface area contributed by atoms with E-state index in [1.807, 2.05) is 32.0 Å². The van der Waals surface area contributed by atoms with Crippen LogP contribution in [0.1, 0.15) is 53.5 Å². The van der Waals surface area contributed by atoms with Crippen LogP contribution in [-0.2, 0) is 0 Å². The van der Waals surface area contributed by atoms with Crippen LogP contribution in [0, 0.1) is 13.8 Å². The molecule has 0 saturated carbocycles. The molecule has 0 saturated heterocycles. The summed E-state index contributed by atoms with van der Waals surface area (Å²) in [7, 11) is 0. The second-order valence-corrected chi connectivity index (χ2v) is 6.48. The molecule has 1 atom stereocenters. The van der Waals surface area contributed by atoms with Crippen LogP contribution in [0.2, 0.25) is 0 Å². The van der Waals surface area contributed by atoms with Crippen molar-refractivity contribution in [1.29, 1.82) is 0 Å². The number of aryl methyl sites for hydroxylation is 2. The third kappa shape index (κ3) is 3.68. The molecule has 4 nitrogen and oxygen atoms in total. The maximum absolute atomic E-state index is 12.5. The number of carbonyl (C=O) groups excluding carboxylic acids is 1. The number of benzene rings is 2. The van der Waals surface area contributed by atoms with E-state index < -0.39 is 0 Å². The van der Waals surface area contributed by atoms with Gasteiger partial charge in [-0.3, -0.25) is 4.79 Å². The van der Waals surface area contributed by atoms with Gasteiger partial charge in [-0.2, -0.15) is 0 Å². The molecule has 2 aromatic carbocycles. The molecule has 0 spiro atoms. The lowest BCUT2D eigenvalue weighted by atomic mass is 9.98. The number of fused-ring (bicyclic) bond motifs is 1. The molecular weight excluding hydrogens is 310 g/mol. The molecule has 0 bridgehead atoms. The zero-order chi connectivity index (χ0) is 18.0. The van der Waals surface area contributed by atoms with Gasteiger partial charge in [0.15, 0.2) is 0 Å². The van der Waals surface area contributed by atoms with Crippen LogP contribution in [0.4, 0.5) is 5.69 Å². The van der Waals surface area contributed by atoms with E-state index in [1.54, 1.807) is 12.1 Å². The quantitative estimate of drug-likeness (QED) is 0.730. The van der Waals surface area contributed by atoms with Crippen molar-refractivity contribution in [2.45, 2.75) is 40.0 Å². The number of carbonyl (C=O) groups is 1. The molecule has 1 heterocycles. The summed E-state index contributed by atoms with van der Waals surface area (Å²) >= 11 is 0. The van der Waals surface area contributed by atoms with Gasteiger partial charge < -0.3 is 5.32 Å². The molecule has 3 aromatic rings. The molecule has 0 aliphatic carbocycles. The molecule has 1 amide bonds. The fourth-order valence-electron chi connectivity index (χ4n) is 2.71. The Balaban J connectivity index is 1.81. The molecule has 3 rings (SSSR count). The van der Waals surface area contributed by atoms with Crippen LogP contribution in [0.3, 0.4) is 0 Å². The summed E-state index contributed by atoms with van der Waals surface area (Å²) in [5.74, 6) is 0.383. The summed E-state index contributed by atoms with van der Waals surface area (Å²) < 4.78 is 0. The molecule has 1 N–H and O–H groups in total. The third-order valence-corrected chi connectivity index (χ3v) is 4.69. The fraction of sp³-hybridized carbons (Fsp3) is 0.286. The maximum Gasteiger partial charge on any atom is 0.255 e. The van der Waals surface area contributed by atoms with Gasteiger partial charge in [-0.05, 0) is 62.1 Å². The Labute approximate surface area is 148 Å². The van der Waals surface area contributed by atoms with Gasteiger partial charge in [0.2, 0.25) is 0 Å². The van der Waals surface area contributed by atoms with Crippen LogP contribution in [0.25, 0.3) is 11.0 Å². The molecule has 0 unspecified atom stereocenters. The molecule has 25 heavy (non-hydrogen) atoms. The number of hydrogen-bond acceptors (Lipinski definition) is 3. The monoisotopic (exact) mass is 333 g/mol. The summed E-state index contributed by atoms with van der Waals surface area (Å²) in [4.78, 5) is 21.5. The third-order valence-electron chi connectivity index (χ3n) is 4.69. The van der Waals surface area contributed by atoms with Gasteiger partial charge in [0.25, 0.3) is 5.91 Å². The molecular formula is C21H23N3O. The minimum atomic E-state index is -0.141. The van der Waals surface area contributed by atoms with E-state index in [9.17, 15) is 4.79 Å². The first-order valence-corrected chi connectivity index (χ1v) is 8.64. The van der Waals surface area contributed by atoms with Gasteiger partial charge in [-0.1, -0.05) is 26.0 Å². The second kappa shape index (κ2) is 7.01. The standard InChI is InChI=1S/C21H23N3O/c1-5-13(2)16-6-9-18(10-7-16)24-21(25)17-8-11-19-20(12-17)23-15(4)14(3)22-19/h6-13H,5H2,1-4H3,(H,24,25)/t13-/m1/s1.